The normalized spacial score (nSPS) is 11.6. The maximum atomic E-state index is 6.18. The largest absolute Gasteiger partial charge is 0.135 e. The highest BCUT2D eigenvalue weighted by molar-refractivity contribution is 7.26. The highest BCUT2D eigenvalue weighted by Gasteiger charge is 2.08. The summed E-state index contributed by atoms with van der Waals surface area (Å²) in [5, 5.41) is 4.98. The summed E-state index contributed by atoms with van der Waals surface area (Å²) in [5.74, 6) is 0. The molecule has 18 heavy (non-hydrogen) atoms. The van der Waals surface area contributed by atoms with Crippen LogP contribution in [-0.4, -0.2) is 7.85 Å². The third-order valence-corrected chi connectivity index (χ3v) is 4.64. The van der Waals surface area contributed by atoms with Crippen molar-refractivity contribution in [1.29, 1.82) is 0 Å². The van der Waals surface area contributed by atoms with Gasteiger partial charge in [0.2, 0.25) is 0 Å². The number of benzene rings is 3. The van der Waals surface area contributed by atoms with Crippen LogP contribution in [0.2, 0.25) is 0 Å². The summed E-state index contributed by atoms with van der Waals surface area (Å²) in [7, 11) is 6.18. The molecule has 0 fully saturated rings. The third kappa shape index (κ3) is 1.27. The maximum absolute atomic E-state index is 6.18. The van der Waals surface area contributed by atoms with E-state index in [2.05, 4.69) is 48.5 Å². The zero-order valence-corrected chi connectivity index (χ0v) is 10.5. The van der Waals surface area contributed by atoms with Crippen molar-refractivity contribution in [3.8, 4) is 0 Å². The van der Waals surface area contributed by atoms with Crippen LogP contribution in [0.1, 0.15) is 0 Å². The first-order chi connectivity index (χ1) is 8.84. The number of hydrogen-bond acceptors (Lipinski definition) is 1. The van der Waals surface area contributed by atoms with Crippen LogP contribution in [0.15, 0.2) is 54.6 Å². The van der Waals surface area contributed by atoms with Crippen molar-refractivity contribution < 1.29 is 0 Å². The lowest BCUT2D eigenvalue weighted by Crippen LogP contribution is -2.02. The summed E-state index contributed by atoms with van der Waals surface area (Å²) in [6.07, 6.45) is 0. The Kier molecular flexibility index (Phi) is 2.03. The minimum atomic E-state index is 0.863. The van der Waals surface area contributed by atoms with E-state index in [1.807, 2.05) is 17.4 Å². The Morgan fingerprint density at radius 1 is 0.722 bits per heavy atom. The van der Waals surface area contributed by atoms with Crippen LogP contribution in [0.5, 0.6) is 0 Å². The summed E-state index contributed by atoms with van der Waals surface area (Å²) >= 11 is 1.84. The van der Waals surface area contributed by atoms with Crippen molar-refractivity contribution in [1.82, 2.24) is 0 Å². The molecule has 82 valence electrons. The molecule has 0 saturated carbocycles. The van der Waals surface area contributed by atoms with Crippen LogP contribution in [0.3, 0.4) is 0 Å². The number of hydrogen-bond donors (Lipinski definition) is 0. The second kappa shape index (κ2) is 3.60. The van der Waals surface area contributed by atoms with Gasteiger partial charge in [-0.2, -0.15) is 0 Å². The molecule has 0 N–H and O–H groups in total. The van der Waals surface area contributed by atoms with E-state index in [9.17, 15) is 0 Å². The van der Waals surface area contributed by atoms with Crippen molar-refractivity contribution in [2.75, 3.05) is 0 Å². The molecule has 0 bridgehead atoms. The van der Waals surface area contributed by atoms with E-state index in [4.69, 9.17) is 7.85 Å². The maximum Gasteiger partial charge on any atom is 0.114 e. The molecule has 1 heterocycles. The Bertz CT molecular complexity index is 889. The zero-order chi connectivity index (χ0) is 12.1. The van der Waals surface area contributed by atoms with E-state index in [0.29, 0.717) is 0 Å². The molecule has 0 aliphatic rings. The summed E-state index contributed by atoms with van der Waals surface area (Å²) in [4.78, 5) is 0. The molecule has 0 unspecified atom stereocenters. The summed E-state index contributed by atoms with van der Waals surface area (Å²) in [6, 6.07) is 19.0. The fourth-order valence-corrected chi connectivity index (χ4v) is 3.80. The number of thiophene rings is 1. The van der Waals surface area contributed by atoms with Gasteiger partial charge >= 0.3 is 0 Å². The molecule has 0 amide bonds. The van der Waals surface area contributed by atoms with Gasteiger partial charge in [-0.3, -0.25) is 0 Å². The average molecular weight is 244 g/mol. The average Bonchev–Trinajstić information content (AvgIpc) is 2.78. The van der Waals surface area contributed by atoms with Crippen LogP contribution in [0.25, 0.3) is 30.9 Å². The monoisotopic (exact) mass is 244 g/mol. The Morgan fingerprint density at radius 3 is 2.22 bits per heavy atom. The third-order valence-electron chi connectivity index (χ3n) is 3.42. The molecular weight excluding hydrogens is 235 g/mol. The minimum Gasteiger partial charge on any atom is -0.135 e. The van der Waals surface area contributed by atoms with Crippen LogP contribution in [0, 0.1) is 0 Å². The topological polar surface area (TPSA) is 0 Å². The van der Waals surface area contributed by atoms with Gasteiger partial charge in [0.1, 0.15) is 7.85 Å². The van der Waals surface area contributed by atoms with Gasteiger partial charge in [0.25, 0.3) is 0 Å². The molecule has 0 spiro atoms. The fourth-order valence-electron chi connectivity index (χ4n) is 2.57. The molecule has 0 aliphatic carbocycles. The summed E-state index contributed by atoms with van der Waals surface area (Å²) < 4.78 is 2.66. The first-order valence-corrected chi connectivity index (χ1v) is 6.75. The van der Waals surface area contributed by atoms with Crippen LogP contribution in [0.4, 0.5) is 0 Å². The summed E-state index contributed by atoms with van der Waals surface area (Å²) in [6.45, 7) is 0. The van der Waals surface area contributed by atoms with Gasteiger partial charge in [0.15, 0.2) is 0 Å². The summed E-state index contributed by atoms with van der Waals surface area (Å²) in [5.41, 5.74) is 0.863. The highest BCUT2D eigenvalue weighted by Crippen LogP contribution is 2.37. The minimum absolute atomic E-state index is 0.863. The molecule has 4 rings (SSSR count). The lowest BCUT2D eigenvalue weighted by Gasteiger charge is -2.03. The van der Waals surface area contributed by atoms with Crippen molar-refractivity contribution in [3.05, 3.63) is 54.6 Å². The molecule has 2 heteroatoms. The van der Waals surface area contributed by atoms with Crippen molar-refractivity contribution in [3.63, 3.8) is 0 Å². The molecule has 0 atom stereocenters. The Balaban J connectivity index is 2.36. The molecule has 3 aromatic carbocycles. The van der Waals surface area contributed by atoms with Gasteiger partial charge in [-0.25, -0.2) is 0 Å². The second-order valence-corrected chi connectivity index (χ2v) is 5.54. The molecule has 0 aliphatic heterocycles. The predicted molar refractivity (Wildman–Crippen MR) is 82.2 cm³/mol. The molecular formula is C16H9BS. The van der Waals surface area contributed by atoms with Crippen molar-refractivity contribution >= 4 is 55.6 Å². The first kappa shape index (κ1) is 10.2. The predicted octanol–water partition coefficient (Wildman–Crippen LogP) is 4.00. The van der Waals surface area contributed by atoms with Gasteiger partial charge in [-0.05, 0) is 16.8 Å². The molecule has 2 radical (unpaired) electrons. The quantitative estimate of drug-likeness (QED) is 0.410. The van der Waals surface area contributed by atoms with Crippen LogP contribution >= 0.6 is 11.3 Å². The Labute approximate surface area is 110 Å². The SMILES string of the molecule is [B]c1cc2c3ccccc3sc2c2ccccc12. The highest BCUT2D eigenvalue weighted by atomic mass is 32.1. The smallest absolute Gasteiger partial charge is 0.114 e. The van der Waals surface area contributed by atoms with Gasteiger partial charge in [-0.1, -0.05) is 54.0 Å². The Morgan fingerprint density at radius 2 is 1.39 bits per heavy atom. The lowest BCUT2D eigenvalue weighted by molar-refractivity contribution is 1.84. The number of fused-ring (bicyclic) bond motifs is 5. The van der Waals surface area contributed by atoms with Gasteiger partial charge in [-0.15, -0.1) is 11.3 Å². The van der Waals surface area contributed by atoms with Crippen molar-refractivity contribution in [2.45, 2.75) is 0 Å². The van der Waals surface area contributed by atoms with Gasteiger partial charge in [0, 0.05) is 20.2 Å². The molecule has 0 nitrogen and oxygen atoms in total. The van der Waals surface area contributed by atoms with E-state index in [1.165, 1.54) is 25.6 Å². The number of rotatable bonds is 0. The van der Waals surface area contributed by atoms with Gasteiger partial charge < -0.3 is 0 Å². The van der Waals surface area contributed by atoms with E-state index in [0.717, 1.165) is 10.8 Å². The Hall–Kier alpha value is -1.80. The van der Waals surface area contributed by atoms with E-state index in [1.54, 1.807) is 0 Å². The van der Waals surface area contributed by atoms with Crippen LogP contribution in [-0.2, 0) is 0 Å². The van der Waals surface area contributed by atoms with E-state index in [-0.39, 0.29) is 0 Å². The van der Waals surface area contributed by atoms with Crippen molar-refractivity contribution in [2.24, 2.45) is 0 Å². The molecule has 4 aromatic rings. The van der Waals surface area contributed by atoms with E-state index < -0.39 is 0 Å². The first-order valence-electron chi connectivity index (χ1n) is 5.93. The molecule has 0 saturated heterocycles. The van der Waals surface area contributed by atoms with E-state index >= 15 is 0 Å². The lowest BCUT2D eigenvalue weighted by atomic mass is 9.88. The van der Waals surface area contributed by atoms with Gasteiger partial charge in [0.05, 0.1) is 0 Å². The second-order valence-electron chi connectivity index (χ2n) is 4.49. The van der Waals surface area contributed by atoms with Crippen LogP contribution < -0.4 is 5.46 Å². The fraction of sp³-hybridized carbons (Fsp3) is 0. The zero-order valence-electron chi connectivity index (χ0n) is 9.68. The molecule has 1 aromatic heterocycles. The standard InChI is InChI=1S/C16H9BS/c17-14-9-13-11-6-3-4-8-15(11)18-16(13)12-7-2-1-5-10(12)14/h1-9H.